The molecule has 7 heteroatoms. The number of para-hydroxylation sites is 1. The van der Waals surface area contributed by atoms with Crippen molar-refractivity contribution in [3.63, 3.8) is 0 Å². The summed E-state index contributed by atoms with van der Waals surface area (Å²) in [5.74, 6) is 1.25. The van der Waals surface area contributed by atoms with Gasteiger partial charge in [0.05, 0.1) is 26.2 Å². The van der Waals surface area contributed by atoms with Crippen LogP contribution >= 0.6 is 0 Å². The van der Waals surface area contributed by atoms with Crippen molar-refractivity contribution in [1.82, 2.24) is 5.32 Å². The third-order valence-corrected chi connectivity index (χ3v) is 3.51. The van der Waals surface area contributed by atoms with Crippen LogP contribution in [-0.4, -0.2) is 44.8 Å². The molecule has 2 aromatic rings. The number of esters is 1. The molecule has 0 bridgehead atoms. The van der Waals surface area contributed by atoms with Crippen LogP contribution in [0.25, 0.3) is 0 Å². The van der Waals surface area contributed by atoms with Crippen molar-refractivity contribution in [2.75, 3.05) is 33.0 Å². The second-order valence-corrected chi connectivity index (χ2v) is 5.68. The number of benzene rings is 2. The molecule has 1 amide bonds. The molecule has 0 aliphatic carbocycles. The van der Waals surface area contributed by atoms with Crippen LogP contribution in [0.2, 0.25) is 0 Å². The number of carbonyl (C=O) groups is 2. The molecular weight excluding hydrogens is 362 g/mol. The van der Waals surface area contributed by atoms with E-state index in [1.54, 1.807) is 24.3 Å². The van der Waals surface area contributed by atoms with Crippen molar-refractivity contribution in [3.8, 4) is 17.2 Å². The zero-order valence-electron chi connectivity index (χ0n) is 15.9. The van der Waals surface area contributed by atoms with Gasteiger partial charge < -0.3 is 24.3 Å². The highest BCUT2D eigenvalue weighted by molar-refractivity contribution is 5.80. The lowest BCUT2D eigenvalue weighted by Crippen LogP contribution is -2.32. The molecule has 0 aromatic heterocycles. The van der Waals surface area contributed by atoms with Gasteiger partial charge in [-0.3, -0.25) is 9.59 Å². The highest BCUT2D eigenvalue weighted by Gasteiger charge is 2.08. The zero-order chi connectivity index (χ0) is 20.0. The molecule has 0 spiro atoms. The van der Waals surface area contributed by atoms with Gasteiger partial charge in [0.2, 0.25) is 0 Å². The predicted molar refractivity (Wildman–Crippen MR) is 104 cm³/mol. The van der Waals surface area contributed by atoms with Gasteiger partial charge in [-0.15, -0.1) is 0 Å². The van der Waals surface area contributed by atoms with Gasteiger partial charge in [-0.05, 0) is 43.3 Å². The van der Waals surface area contributed by atoms with Gasteiger partial charge in [0.15, 0.2) is 6.61 Å². The average Bonchev–Trinajstić information content (AvgIpc) is 2.72. The largest absolute Gasteiger partial charge is 0.494 e. The molecule has 2 aromatic carbocycles. The lowest BCUT2D eigenvalue weighted by molar-refractivity contribution is -0.149. The van der Waals surface area contributed by atoms with Gasteiger partial charge in [0.25, 0.3) is 5.91 Å². The molecule has 0 fully saturated rings. The Kier molecular flexibility index (Phi) is 9.20. The molecule has 0 aliphatic heterocycles. The van der Waals surface area contributed by atoms with Crippen LogP contribution < -0.4 is 19.5 Å². The van der Waals surface area contributed by atoms with E-state index < -0.39 is 5.97 Å². The lowest BCUT2D eigenvalue weighted by atomic mass is 10.3. The van der Waals surface area contributed by atoms with E-state index in [1.807, 2.05) is 37.3 Å². The highest BCUT2D eigenvalue weighted by Crippen LogP contribution is 2.17. The first kappa shape index (κ1) is 21.1. The molecule has 1 N–H and O–H groups in total. The first-order valence-electron chi connectivity index (χ1n) is 9.13. The Morgan fingerprint density at radius 2 is 1.43 bits per heavy atom. The molecule has 0 atom stereocenters. The van der Waals surface area contributed by atoms with Crippen molar-refractivity contribution in [2.24, 2.45) is 0 Å². The molecule has 0 aliphatic rings. The molecule has 0 radical (unpaired) electrons. The third-order valence-electron chi connectivity index (χ3n) is 3.51. The van der Waals surface area contributed by atoms with E-state index in [-0.39, 0.29) is 25.5 Å². The van der Waals surface area contributed by atoms with Crippen molar-refractivity contribution in [1.29, 1.82) is 0 Å². The fourth-order valence-electron chi connectivity index (χ4n) is 2.20. The van der Waals surface area contributed by atoms with E-state index in [0.717, 1.165) is 11.5 Å². The van der Waals surface area contributed by atoms with E-state index in [9.17, 15) is 9.59 Å². The summed E-state index contributed by atoms with van der Waals surface area (Å²) in [5.41, 5.74) is 0. The maximum atomic E-state index is 11.7. The van der Waals surface area contributed by atoms with E-state index in [2.05, 4.69) is 5.32 Å². The van der Waals surface area contributed by atoms with Crippen LogP contribution in [0.5, 0.6) is 17.2 Å². The Morgan fingerprint density at radius 1 is 0.821 bits per heavy atom. The van der Waals surface area contributed by atoms with Gasteiger partial charge in [-0.2, -0.15) is 0 Å². The van der Waals surface area contributed by atoms with Crippen LogP contribution in [-0.2, 0) is 14.3 Å². The Hall–Kier alpha value is -3.22. The van der Waals surface area contributed by atoms with Gasteiger partial charge in [-0.25, -0.2) is 0 Å². The number of rotatable bonds is 12. The maximum absolute atomic E-state index is 11.7. The van der Waals surface area contributed by atoms with Gasteiger partial charge in [0, 0.05) is 0 Å². The molecule has 150 valence electrons. The fraction of sp³-hybridized carbons (Fsp3) is 0.333. The number of amides is 1. The van der Waals surface area contributed by atoms with Crippen LogP contribution in [0.3, 0.4) is 0 Å². The van der Waals surface area contributed by atoms with Crippen molar-refractivity contribution in [3.05, 3.63) is 54.6 Å². The molecule has 7 nitrogen and oxygen atoms in total. The number of nitrogens with one attached hydrogen (secondary N) is 1. The summed E-state index contributed by atoms with van der Waals surface area (Å²) in [5, 5.41) is 2.62. The summed E-state index contributed by atoms with van der Waals surface area (Å²) in [6.45, 7) is 3.01. The maximum Gasteiger partial charge on any atom is 0.309 e. The summed E-state index contributed by atoms with van der Waals surface area (Å²) >= 11 is 0. The van der Waals surface area contributed by atoms with E-state index in [4.69, 9.17) is 18.9 Å². The molecule has 0 saturated heterocycles. The van der Waals surface area contributed by atoms with Gasteiger partial charge in [-0.1, -0.05) is 18.2 Å². The fourth-order valence-corrected chi connectivity index (χ4v) is 2.20. The number of hydrogen-bond acceptors (Lipinski definition) is 6. The molecule has 0 heterocycles. The summed E-state index contributed by atoms with van der Waals surface area (Å²) in [4.78, 5) is 23.3. The molecule has 0 saturated carbocycles. The number of hydrogen-bond donors (Lipinski definition) is 1. The Bertz CT molecular complexity index is 717. The minimum absolute atomic E-state index is 0.0532. The summed E-state index contributed by atoms with van der Waals surface area (Å²) in [6, 6.07) is 16.4. The minimum Gasteiger partial charge on any atom is -0.494 e. The third kappa shape index (κ3) is 8.44. The molecular formula is C21H25NO6. The lowest BCUT2D eigenvalue weighted by Gasteiger charge is -2.09. The van der Waals surface area contributed by atoms with E-state index >= 15 is 0 Å². The second kappa shape index (κ2) is 12.2. The zero-order valence-corrected chi connectivity index (χ0v) is 15.9. The van der Waals surface area contributed by atoms with Crippen LogP contribution in [0, 0.1) is 0 Å². The standard InChI is InChI=1S/C21H25NO6/c1-2-25-18-8-10-19(11-9-18)26-14-12-21(24)28-16-20(23)22-13-15-27-17-6-4-3-5-7-17/h3-11H,2,12-16H2,1H3,(H,22,23). The van der Waals surface area contributed by atoms with E-state index in [1.165, 1.54) is 0 Å². The van der Waals surface area contributed by atoms with Crippen LogP contribution in [0.4, 0.5) is 0 Å². The smallest absolute Gasteiger partial charge is 0.309 e. The quantitative estimate of drug-likeness (QED) is 0.445. The minimum atomic E-state index is -0.498. The Morgan fingerprint density at radius 3 is 2.11 bits per heavy atom. The number of carbonyl (C=O) groups excluding carboxylic acids is 2. The second-order valence-electron chi connectivity index (χ2n) is 5.68. The SMILES string of the molecule is CCOc1ccc(OCCC(=O)OCC(=O)NCCOc2ccccc2)cc1. The average molecular weight is 387 g/mol. The molecule has 0 unspecified atom stereocenters. The molecule has 2 rings (SSSR count). The predicted octanol–water partition coefficient (Wildman–Crippen LogP) is 2.59. The van der Waals surface area contributed by atoms with Gasteiger partial charge in [0.1, 0.15) is 23.9 Å². The summed E-state index contributed by atoms with van der Waals surface area (Å²) < 4.78 is 21.2. The normalized spacial score (nSPS) is 10.0. The molecule has 28 heavy (non-hydrogen) atoms. The monoisotopic (exact) mass is 387 g/mol. The van der Waals surface area contributed by atoms with Gasteiger partial charge >= 0.3 is 5.97 Å². The topological polar surface area (TPSA) is 83.1 Å². The first-order valence-corrected chi connectivity index (χ1v) is 9.13. The number of ether oxygens (including phenoxy) is 4. The summed E-state index contributed by atoms with van der Waals surface area (Å²) in [7, 11) is 0. The van der Waals surface area contributed by atoms with Crippen molar-refractivity contribution < 1.29 is 28.5 Å². The summed E-state index contributed by atoms with van der Waals surface area (Å²) in [6.07, 6.45) is 0.0532. The van der Waals surface area contributed by atoms with Crippen LogP contribution in [0.1, 0.15) is 13.3 Å². The Labute approximate surface area is 164 Å². The van der Waals surface area contributed by atoms with Crippen molar-refractivity contribution >= 4 is 11.9 Å². The van der Waals surface area contributed by atoms with E-state index in [0.29, 0.717) is 25.5 Å². The Balaban J connectivity index is 1.52. The highest BCUT2D eigenvalue weighted by atomic mass is 16.5. The first-order chi connectivity index (χ1) is 13.7. The van der Waals surface area contributed by atoms with Crippen LogP contribution in [0.15, 0.2) is 54.6 Å². The van der Waals surface area contributed by atoms with Crippen molar-refractivity contribution in [2.45, 2.75) is 13.3 Å².